The lowest BCUT2D eigenvalue weighted by molar-refractivity contribution is -0.137. The molecule has 1 amide bonds. The van der Waals surface area contributed by atoms with Gasteiger partial charge in [0, 0.05) is 11.8 Å². The van der Waals surface area contributed by atoms with Gasteiger partial charge < -0.3 is 5.32 Å². The van der Waals surface area contributed by atoms with Crippen LogP contribution in [0.25, 0.3) is 22.3 Å². The molecule has 0 unspecified atom stereocenters. The number of rotatable bonds is 3. The number of benzene rings is 2. The molecule has 0 aliphatic rings. The average Bonchev–Trinajstić information content (AvgIpc) is 2.73. The van der Waals surface area contributed by atoms with Crippen molar-refractivity contribution in [2.45, 2.75) is 6.18 Å². The van der Waals surface area contributed by atoms with Crippen molar-refractivity contribution < 1.29 is 18.0 Å². The maximum atomic E-state index is 13.0. The van der Waals surface area contributed by atoms with Crippen LogP contribution in [0.5, 0.6) is 0 Å². The number of aromatic nitrogens is 4. The first-order valence-corrected chi connectivity index (χ1v) is 8.42. The van der Waals surface area contributed by atoms with Gasteiger partial charge >= 0.3 is 6.18 Å². The summed E-state index contributed by atoms with van der Waals surface area (Å²) < 4.78 is 39.0. The number of carbonyl (C=O) groups excluding carboxylic acids is 1. The van der Waals surface area contributed by atoms with Gasteiger partial charge in [-0.05, 0) is 30.3 Å². The number of carbonyl (C=O) groups is 1. The molecule has 0 spiro atoms. The summed E-state index contributed by atoms with van der Waals surface area (Å²) in [4.78, 5) is 29.0. The number of fused-ring (bicyclic) bond motifs is 1. The van der Waals surface area contributed by atoms with Crippen molar-refractivity contribution >= 4 is 22.8 Å². The van der Waals surface area contributed by atoms with Gasteiger partial charge in [0.15, 0.2) is 0 Å². The second-order valence-electron chi connectivity index (χ2n) is 6.06. The third kappa shape index (κ3) is 3.88. The molecule has 4 aromatic rings. The largest absolute Gasteiger partial charge is 0.416 e. The molecule has 1 N–H and O–H groups in total. The van der Waals surface area contributed by atoms with Crippen molar-refractivity contribution in [1.29, 1.82) is 0 Å². The Bertz CT molecular complexity index is 1200. The van der Waals surface area contributed by atoms with Crippen LogP contribution in [-0.4, -0.2) is 25.8 Å². The highest BCUT2D eigenvalue weighted by atomic mass is 19.4. The van der Waals surface area contributed by atoms with Crippen molar-refractivity contribution in [3.05, 3.63) is 78.4 Å². The zero-order chi connectivity index (χ0) is 20.4. The molecule has 0 saturated carbocycles. The fraction of sp³-hybridized carbons (Fsp3) is 0.0500. The molecule has 0 fully saturated rings. The molecule has 2 aromatic heterocycles. The Morgan fingerprint density at radius 3 is 2.59 bits per heavy atom. The molecule has 4 rings (SSSR count). The molecule has 29 heavy (non-hydrogen) atoms. The van der Waals surface area contributed by atoms with Crippen molar-refractivity contribution in [1.82, 2.24) is 19.9 Å². The van der Waals surface area contributed by atoms with Crippen LogP contribution in [0, 0.1) is 0 Å². The smallest absolute Gasteiger partial charge is 0.306 e. The third-order valence-corrected chi connectivity index (χ3v) is 4.13. The lowest BCUT2D eigenvalue weighted by atomic mass is 10.1. The summed E-state index contributed by atoms with van der Waals surface area (Å²) in [5, 5.41) is 2.63. The monoisotopic (exact) mass is 395 g/mol. The highest BCUT2D eigenvalue weighted by Gasteiger charge is 2.30. The predicted molar refractivity (Wildman–Crippen MR) is 100.0 cm³/mol. The van der Waals surface area contributed by atoms with Crippen LogP contribution in [0.3, 0.4) is 0 Å². The van der Waals surface area contributed by atoms with E-state index in [1.165, 1.54) is 36.9 Å². The maximum absolute atomic E-state index is 13.0. The zero-order valence-electron chi connectivity index (χ0n) is 14.7. The topological polar surface area (TPSA) is 80.7 Å². The molecule has 0 aliphatic heterocycles. The minimum absolute atomic E-state index is 0.224. The maximum Gasteiger partial charge on any atom is 0.416 e. The lowest BCUT2D eigenvalue weighted by Crippen LogP contribution is -2.14. The number of halogens is 3. The first-order chi connectivity index (χ1) is 13.9. The van der Waals surface area contributed by atoms with Gasteiger partial charge in [-0.25, -0.2) is 15.0 Å². The average molecular weight is 395 g/mol. The molecule has 2 aromatic carbocycles. The standard InChI is InChI=1S/C20H12F3N5O/c21-20(22,23)13-4-1-3-12(9-13)16-10-25-15-6-2-5-14(18(15)27-16)19(29)28-17-7-8-24-11-26-17/h1-11H,(H,24,26,28,29). The molecular weight excluding hydrogens is 383 g/mol. The Labute approximate surface area is 162 Å². The summed E-state index contributed by atoms with van der Waals surface area (Å²) in [6.07, 6.45) is -0.311. The number of alkyl halides is 3. The van der Waals surface area contributed by atoms with Gasteiger partial charge in [-0.15, -0.1) is 0 Å². The van der Waals surface area contributed by atoms with E-state index < -0.39 is 17.6 Å². The summed E-state index contributed by atoms with van der Waals surface area (Å²) in [6.45, 7) is 0. The Hall–Kier alpha value is -3.88. The van der Waals surface area contributed by atoms with Crippen molar-refractivity contribution in [2.24, 2.45) is 0 Å². The zero-order valence-corrected chi connectivity index (χ0v) is 14.7. The summed E-state index contributed by atoms with van der Waals surface area (Å²) in [5.41, 5.74) is 0.630. The highest BCUT2D eigenvalue weighted by molar-refractivity contribution is 6.11. The molecule has 6 nitrogen and oxygen atoms in total. The van der Waals surface area contributed by atoms with Crippen LogP contribution in [0.1, 0.15) is 15.9 Å². The van der Waals surface area contributed by atoms with E-state index in [2.05, 4.69) is 25.3 Å². The van der Waals surface area contributed by atoms with E-state index in [9.17, 15) is 18.0 Å². The molecule has 0 atom stereocenters. The number of hydrogen-bond donors (Lipinski definition) is 1. The molecule has 9 heteroatoms. The number of para-hydroxylation sites is 1. The molecule has 2 heterocycles. The van der Waals surface area contributed by atoms with Crippen molar-refractivity contribution in [3.63, 3.8) is 0 Å². The van der Waals surface area contributed by atoms with E-state index in [1.54, 1.807) is 18.2 Å². The molecule has 0 saturated heterocycles. The molecule has 0 radical (unpaired) electrons. The second kappa shape index (κ2) is 7.27. The van der Waals surface area contributed by atoms with E-state index in [1.807, 2.05) is 0 Å². The Morgan fingerprint density at radius 2 is 1.83 bits per heavy atom. The summed E-state index contributed by atoms with van der Waals surface area (Å²) in [5.74, 6) is -0.159. The molecule has 0 bridgehead atoms. The van der Waals surface area contributed by atoms with E-state index in [0.29, 0.717) is 11.3 Å². The molecule has 0 aliphatic carbocycles. The molecule has 144 valence electrons. The third-order valence-electron chi connectivity index (χ3n) is 4.13. The van der Waals surface area contributed by atoms with Crippen LogP contribution in [0.2, 0.25) is 0 Å². The van der Waals surface area contributed by atoms with Crippen LogP contribution in [-0.2, 0) is 6.18 Å². The minimum atomic E-state index is -4.47. The van der Waals surface area contributed by atoms with Crippen LogP contribution < -0.4 is 5.32 Å². The SMILES string of the molecule is O=C(Nc1ccncn1)c1cccc2ncc(-c3cccc(C(F)(F)F)c3)nc12. The Balaban J connectivity index is 1.76. The number of nitrogens with one attached hydrogen (secondary N) is 1. The number of hydrogen-bond acceptors (Lipinski definition) is 5. The summed E-state index contributed by atoms with van der Waals surface area (Å²) >= 11 is 0. The van der Waals surface area contributed by atoms with Crippen molar-refractivity contribution in [3.8, 4) is 11.3 Å². The highest BCUT2D eigenvalue weighted by Crippen LogP contribution is 2.32. The van der Waals surface area contributed by atoms with Crippen LogP contribution >= 0.6 is 0 Å². The number of anilines is 1. The van der Waals surface area contributed by atoms with Gasteiger partial charge in [-0.1, -0.05) is 18.2 Å². The predicted octanol–water partition coefficient (Wildman–Crippen LogP) is 4.36. The number of amides is 1. The Kier molecular flexibility index (Phi) is 4.63. The van der Waals surface area contributed by atoms with Crippen LogP contribution in [0.15, 0.2) is 67.3 Å². The van der Waals surface area contributed by atoms with Gasteiger partial charge in [0.25, 0.3) is 5.91 Å². The fourth-order valence-electron chi connectivity index (χ4n) is 2.76. The lowest BCUT2D eigenvalue weighted by Gasteiger charge is -2.10. The quantitative estimate of drug-likeness (QED) is 0.558. The van der Waals surface area contributed by atoms with Crippen LogP contribution in [0.4, 0.5) is 19.0 Å². The first-order valence-electron chi connectivity index (χ1n) is 8.42. The Morgan fingerprint density at radius 1 is 1.00 bits per heavy atom. The fourth-order valence-corrected chi connectivity index (χ4v) is 2.76. The van der Waals surface area contributed by atoms with Gasteiger partial charge in [0.2, 0.25) is 0 Å². The van der Waals surface area contributed by atoms with Crippen molar-refractivity contribution in [2.75, 3.05) is 5.32 Å². The van der Waals surface area contributed by atoms with E-state index in [4.69, 9.17) is 0 Å². The van der Waals surface area contributed by atoms with Gasteiger partial charge in [0.05, 0.1) is 28.5 Å². The van der Waals surface area contributed by atoms with Gasteiger partial charge in [-0.3, -0.25) is 9.78 Å². The second-order valence-corrected chi connectivity index (χ2v) is 6.06. The van der Waals surface area contributed by atoms with Gasteiger partial charge in [-0.2, -0.15) is 13.2 Å². The van der Waals surface area contributed by atoms with Gasteiger partial charge in [0.1, 0.15) is 17.7 Å². The normalized spacial score (nSPS) is 11.4. The van der Waals surface area contributed by atoms with E-state index in [0.717, 1.165) is 12.1 Å². The first kappa shape index (κ1) is 18.5. The molecular formula is C20H12F3N5O. The van der Waals surface area contributed by atoms with E-state index in [-0.39, 0.29) is 22.3 Å². The summed E-state index contributed by atoms with van der Waals surface area (Å²) in [7, 11) is 0. The van der Waals surface area contributed by atoms with E-state index >= 15 is 0 Å². The summed E-state index contributed by atoms with van der Waals surface area (Å²) in [6, 6.07) is 11.2. The minimum Gasteiger partial charge on any atom is -0.306 e. The number of nitrogens with zero attached hydrogens (tertiary/aromatic N) is 4.